The van der Waals surface area contributed by atoms with Gasteiger partial charge in [-0.05, 0) is 26.7 Å². The normalized spacial score (nSPS) is 13.8. The van der Waals surface area contributed by atoms with Crippen LogP contribution >= 0.6 is 0 Å². The Balaban J connectivity index is 3.52. The van der Waals surface area contributed by atoms with Gasteiger partial charge in [-0.3, -0.25) is 9.59 Å². The zero-order valence-electron chi connectivity index (χ0n) is 13.2. The number of carbonyl (C=O) groups is 2. The Morgan fingerprint density at radius 3 is 1.95 bits per heavy atom. The Hall–Kier alpha value is -1.06. The number of carbonyl (C=O) groups excluding carboxylic acids is 1. The summed E-state index contributed by atoms with van der Waals surface area (Å²) in [5.74, 6) is -2.84. The Morgan fingerprint density at radius 2 is 1.45 bits per heavy atom. The summed E-state index contributed by atoms with van der Waals surface area (Å²) in [6.45, 7) is 5.40. The molecule has 0 aromatic rings. The summed E-state index contributed by atoms with van der Waals surface area (Å²) in [5, 5.41) is 8.70. The monoisotopic (exact) mass is 286 g/mol. The minimum atomic E-state index is -1.13. The summed E-state index contributed by atoms with van der Waals surface area (Å²) >= 11 is 0. The molecule has 0 saturated heterocycles. The number of ether oxygens (including phenoxy) is 1. The predicted octanol–water partition coefficient (Wildman–Crippen LogP) is 4.17. The number of esters is 1. The quantitative estimate of drug-likeness (QED) is 0.332. The van der Waals surface area contributed by atoms with E-state index < -0.39 is 17.9 Å². The van der Waals surface area contributed by atoms with E-state index in [9.17, 15) is 9.59 Å². The van der Waals surface area contributed by atoms with Gasteiger partial charge in [-0.25, -0.2) is 0 Å². The van der Waals surface area contributed by atoms with Crippen molar-refractivity contribution in [3.63, 3.8) is 0 Å². The molecule has 0 aromatic carbocycles. The van der Waals surface area contributed by atoms with Crippen molar-refractivity contribution in [3.8, 4) is 0 Å². The van der Waals surface area contributed by atoms with E-state index in [1.807, 2.05) is 6.92 Å². The van der Waals surface area contributed by atoms with Crippen LogP contribution in [0.2, 0.25) is 0 Å². The van der Waals surface area contributed by atoms with Crippen molar-refractivity contribution in [3.05, 3.63) is 0 Å². The topological polar surface area (TPSA) is 63.6 Å². The molecule has 4 heteroatoms. The van der Waals surface area contributed by atoms with Crippen LogP contribution in [0.4, 0.5) is 0 Å². The van der Waals surface area contributed by atoms with Gasteiger partial charge in [0.25, 0.3) is 0 Å². The van der Waals surface area contributed by atoms with Gasteiger partial charge in [0, 0.05) is 0 Å². The van der Waals surface area contributed by atoms with Crippen LogP contribution in [0.15, 0.2) is 0 Å². The van der Waals surface area contributed by atoms with Gasteiger partial charge < -0.3 is 9.84 Å². The maximum absolute atomic E-state index is 11.4. The van der Waals surface area contributed by atoms with E-state index in [4.69, 9.17) is 9.84 Å². The molecule has 20 heavy (non-hydrogen) atoms. The second kappa shape index (κ2) is 11.7. The zero-order chi connectivity index (χ0) is 15.4. The number of hydrogen-bond acceptors (Lipinski definition) is 3. The van der Waals surface area contributed by atoms with Crippen molar-refractivity contribution in [2.24, 2.45) is 5.92 Å². The highest BCUT2D eigenvalue weighted by molar-refractivity contribution is 5.93. The second-order valence-electron chi connectivity index (χ2n) is 5.57. The minimum absolute atomic E-state index is 0.190. The van der Waals surface area contributed by atoms with Crippen LogP contribution in [0.25, 0.3) is 0 Å². The third-order valence-electron chi connectivity index (χ3n) is 3.51. The van der Waals surface area contributed by atoms with Gasteiger partial charge in [0.1, 0.15) is 0 Å². The molecule has 0 amide bonds. The fourth-order valence-corrected chi connectivity index (χ4v) is 2.03. The van der Waals surface area contributed by atoms with Crippen LogP contribution in [0.1, 0.15) is 78.6 Å². The van der Waals surface area contributed by atoms with Gasteiger partial charge in [0.2, 0.25) is 0 Å². The van der Waals surface area contributed by atoms with Crippen LogP contribution in [0, 0.1) is 5.92 Å². The van der Waals surface area contributed by atoms with Gasteiger partial charge >= 0.3 is 11.9 Å². The van der Waals surface area contributed by atoms with Crippen molar-refractivity contribution in [1.29, 1.82) is 0 Å². The molecule has 4 nitrogen and oxygen atoms in total. The number of carboxylic acids is 1. The lowest BCUT2D eigenvalue weighted by Crippen LogP contribution is -2.26. The van der Waals surface area contributed by atoms with Crippen LogP contribution in [-0.4, -0.2) is 23.1 Å². The summed E-state index contributed by atoms with van der Waals surface area (Å²) in [4.78, 5) is 22.1. The maximum Gasteiger partial charge on any atom is 0.320 e. The fourth-order valence-electron chi connectivity index (χ4n) is 2.03. The van der Waals surface area contributed by atoms with Gasteiger partial charge in [-0.15, -0.1) is 0 Å². The number of hydrogen-bond donors (Lipinski definition) is 1. The first-order valence-corrected chi connectivity index (χ1v) is 7.92. The lowest BCUT2D eigenvalue weighted by molar-refractivity contribution is -0.161. The Kier molecular flexibility index (Phi) is 11.1. The number of unbranched alkanes of at least 4 members (excludes halogenated alkanes) is 7. The molecule has 0 bridgehead atoms. The van der Waals surface area contributed by atoms with Crippen molar-refractivity contribution >= 4 is 11.9 Å². The molecule has 0 saturated carbocycles. The molecule has 0 heterocycles. The van der Waals surface area contributed by atoms with Crippen LogP contribution in [-0.2, 0) is 14.3 Å². The molecule has 0 aliphatic rings. The average molecular weight is 286 g/mol. The molecule has 118 valence electrons. The van der Waals surface area contributed by atoms with Crippen molar-refractivity contribution < 1.29 is 19.4 Å². The molecule has 0 rings (SSSR count). The van der Waals surface area contributed by atoms with Crippen molar-refractivity contribution in [1.82, 2.24) is 0 Å². The Labute approximate surface area is 122 Å². The first kappa shape index (κ1) is 18.9. The molecule has 0 spiro atoms. The van der Waals surface area contributed by atoms with E-state index in [1.54, 1.807) is 0 Å². The fraction of sp³-hybridized carbons (Fsp3) is 0.875. The SMILES string of the molecule is CCCCCCCCCCC(C)OC(=O)C(C)C(=O)O. The van der Waals surface area contributed by atoms with Crippen LogP contribution in [0.3, 0.4) is 0 Å². The molecule has 2 unspecified atom stereocenters. The number of aliphatic carboxylic acids is 1. The van der Waals surface area contributed by atoms with Gasteiger partial charge in [-0.1, -0.05) is 51.9 Å². The van der Waals surface area contributed by atoms with E-state index >= 15 is 0 Å². The van der Waals surface area contributed by atoms with E-state index in [-0.39, 0.29) is 6.10 Å². The highest BCUT2D eigenvalue weighted by atomic mass is 16.5. The summed E-state index contributed by atoms with van der Waals surface area (Å²) in [5.41, 5.74) is 0. The smallest absolute Gasteiger partial charge is 0.320 e. The summed E-state index contributed by atoms with van der Waals surface area (Å²) in [6.07, 6.45) is 10.6. The largest absolute Gasteiger partial charge is 0.481 e. The molecule has 2 atom stereocenters. The molecule has 0 aliphatic carbocycles. The second-order valence-corrected chi connectivity index (χ2v) is 5.57. The van der Waals surface area contributed by atoms with E-state index in [0.717, 1.165) is 19.3 Å². The van der Waals surface area contributed by atoms with Gasteiger partial charge in [0.05, 0.1) is 6.10 Å². The van der Waals surface area contributed by atoms with Crippen molar-refractivity contribution in [2.75, 3.05) is 0 Å². The van der Waals surface area contributed by atoms with E-state index in [2.05, 4.69) is 6.92 Å². The molecule has 0 aromatic heterocycles. The van der Waals surface area contributed by atoms with Crippen molar-refractivity contribution in [2.45, 2.75) is 84.7 Å². The van der Waals surface area contributed by atoms with Crippen LogP contribution in [0.5, 0.6) is 0 Å². The molecule has 0 fully saturated rings. The predicted molar refractivity (Wildman–Crippen MR) is 79.6 cm³/mol. The van der Waals surface area contributed by atoms with Gasteiger partial charge in [-0.2, -0.15) is 0 Å². The first-order valence-electron chi connectivity index (χ1n) is 7.92. The van der Waals surface area contributed by atoms with Crippen LogP contribution < -0.4 is 0 Å². The molecule has 1 N–H and O–H groups in total. The Morgan fingerprint density at radius 1 is 0.950 bits per heavy atom. The lowest BCUT2D eigenvalue weighted by atomic mass is 10.1. The summed E-state index contributed by atoms with van der Waals surface area (Å²) < 4.78 is 5.11. The van der Waals surface area contributed by atoms with Gasteiger partial charge in [0.15, 0.2) is 5.92 Å². The highest BCUT2D eigenvalue weighted by Gasteiger charge is 2.23. The molecular formula is C16H30O4. The molecular weight excluding hydrogens is 256 g/mol. The zero-order valence-corrected chi connectivity index (χ0v) is 13.2. The standard InChI is InChI=1S/C16H30O4/c1-4-5-6-7-8-9-10-11-12-13(2)20-16(19)14(3)15(17)18/h13-14H,4-12H2,1-3H3,(H,17,18). The number of rotatable bonds is 12. The first-order chi connectivity index (χ1) is 9.49. The molecule has 0 aliphatic heterocycles. The van der Waals surface area contributed by atoms with E-state index in [1.165, 1.54) is 45.4 Å². The summed E-state index contributed by atoms with van der Waals surface area (Å²) in [7, 11) is 0. The highest BCUT2D eigenvalue weighted by Crippen LogP contribution is 2.12. The average Bonchev–Trinajstić information content (AvgIpc) is 2.40. The Bertz CT molecular complexity index is 276. The lowest BCUT2D eigenvalue weighted by Gasteiger charge is -2.14. The maximum atomic E-state index is 11.4. The third-order valence-corrected chi connectivity index (χ3v) is 3.51. The molecule has 0 radical (unpaired) electrons. The minimum Gasteiger partial charge on any atom is -0.481 e. The van der Waals surface area contributed by atoms with E-state index in [0.29, 0.717) is 0 Å². The summed E-state index contributed by atoms with van der Waals surface area (Å²) in [6, 6.07) is 0. The number of carboxylic acid groups (broad SMARTS) is 1. The third kappa shape index (κ3) is 9.82.